The molecule has 2 aromatic heterocycles. The summed E-state index contributed by atoms with van der Waals surface area (Å²) in [6, 6.07) is 7.53. The molecule has 1 aromatic carbocycles. The topological polar surface area (TPSA) is 122 Å². The molecular weight excluding hydrogens is 519 g/mol. The number of amides is 1. The van der Waals surface area contributed by atoms with E-state index in [4.69, 9.17) is 32.5 Å². The SMILES string of the molecule is C/C(=N\NC(=O)c1ccc(C(=O)O)s1)c1csc(-c2ccc(Cl)c(Cl)c2)c1OS(C)(=O)=O. The zero-order valence-corrected chi connectivity index (χ0v) is 20.3. The molecule has 1 amide bonds. The number of nitrogens with zero attached hydrogens (tertiary/aromatic N) is 1. The van der Waals surface area contributed by atoms with Crippen molar-refractivity contribution in [1.29, 1.82) is 0 Å². The van der Waals surface area contributed by atoms with E-state index >= 15 is 0 Å². The van der Waals surface area contributed by atoms with Gasteiger partial charge in [-0.2, -0.15) is 13.5 Å². The summed E-state index contributed by atoms with van der Waals surface area (Å²) in [6.45, 7) is 1.56. The average Bonchev–Trinajstić information content (AvgIpc) is 3.34. The molecule has 0 saturated heterocycles. The van der Waals surface area contributed by atoms with Gasteiger partial charge in [0.05, 0.1) is 37.3 Å². The monoisotopic (exact) mass is 532 g/mol. The van der Waals surface area contributed by atoms with E-state index in [2.05, 4.69) is 10.5 Å². The minimum Gasteiger partial charge on any atom is -0.477 e. The molecule has 3 rings (SSSR count). The van der Waals surface area contributed by atoms with Crippen LogP contribution in [-0.2, 0) is 10.1 Å². The highest BCUT2D eigenvalue weighted by Crippen LogP contribution is 2.42. The van der Waals surface area contributed by atoms with Gasteiger partial charge in [0.25, 0.3) is 5.91 Å². The fourth-order valence-electron chi connectivity index (χ4n) is 2.49. The van der Waals surface area contributed by atoms with Crippen molar-refractivity contribution in [2.45, 2.75) is 6.92 Å². The predicted octanol–water partition coefficient (Wildman–Crippen LogP) is 4.97. The van der Waals surface area contributed by atoms with Crippen molar-refractivity contribution in [2.75, 3.05) is 6.26 Å². The van der Waals surface area contributed by atoms with E-state index in [0.717, 1.165) is 17.6 Å². The Morgan fingerprint density at radius 3 is 2.41 bits per heavy atom. The van der Waals surface area contributed by atoms with Crippen molar-refractivity contribution in [3.8, 4) is 16.2 Å². The molecule has 0 aliphatic heterocycles. The van der Waals surface area contributed by atoms with E-state index < -0.39 is 22.0 Å². The molecule has 13 heteroatoms. The minimum atomic E-state index is -3.88. The zero-order valence-electron chi connectivity index (χ0n) is 16.4. The van der Waals surface area contributed by atoms with Crippen molar-refractivity contribution in [3.63, 3.8) is 0 Å². The second kappa shape index (κ2) is 9.59. The summed E-state index contributed by atoms with van der Waals surface area (Å²) in [5.41, 5.74) is 3.54. The Labute approximate surface area is 201 Å². The highest BCUT2D eigenvalue weighted by molar-refractivity contribution is 7.86. The molecule has 2 N–H and O–H groups in total. The van der Waals surface area contributed by atoms with Crippen molar-refractivity contribution in [1.82, 2.24) is 5.43 Å². The van der Waals surface area contributed by atoms with Crippen LogP contribution in [0.1, 0.15) is 31.8 Å². The number of carboxylic acids is 1. The van der Waals surface area contributed by atoms with Gasteiger partial charge in [0.15, 0.2) is 5.75 Å². The van der Waals surface area contributed by atoms with Gasteiger partial charge >= 0.3 is 16.1 Å². The molecule has 8 nitrogen and oxygen atoms in total. The molecule has 0 fully saturated rings. The van der Waals surface area contributed by atoms with Gasteiger partial charge in [-0.05, 0) is 36.8 Å². The number of carbonyl (C=O) groups excluding carboxylic acids is 1. The highest BCUT2D eigenvalue weighted by Gasteiger charge is 2.22. The third kappa shape index (κ3) is 5.67. The van der Waals surface area contributed by atoms with Crippen molar-refractivity contribution in [2.24, 2.45) is 5.10 Å². The summed E-state index contributed by atoms with van der Waals surface area (Å²) >= 11 is 14.1. The van der Waals surface area contributed by atoms with Gasteiger partial charge in [-0.1, -0.05) is 29.3 Å². The van der Waals surface area contributed by atoms with Gasteiger partial charge in [0.2, 0.25) is 0 Å². The first-order valence-corrected chi connectivity index (χ1v) is 12.9. The molecule has 0 spiro atoms. The number of rotatable bonds is 7. The quantitative estimate of drug-likeness (QED) is 0.251. The highest BCUT2D eigenvalue weighted by atomic mass is 35.5. The number of carboxylic acid groups (broad SMARTS) is 1. The summed E-state index contributed by atoms with van der Waals surface area (Å²) in [7, 11) is -3.88. The van der Waals surface area contributed by atoms with Gasteiger partial charge in [-0.25, -0.2) is 10.2 Å². The lowest BCUT2D eigenvalue weighted by molar-refractivity contribution is 0.0702. The molecule has 0 aliphatic rings. The largest absolute Gasteiger partial charge is 0.477 e. The molecule has 32 heavy (non-hydrogen) atoms. The van der Waals surface area contributed by atoms with Crippen LogP contribution in [-0.4, -0.2) is 37.4 Å². The zero-order chi connectivity index (χ0) is 23.6. The molecule has 0 radical (unpaired) electrons. The summed E-state index contributed by atoms with van der Waals surface area (Å²) in [5.74, 6) is -1.70. The lowest BCUT2D eigenvalue weighted by Crippen LogP contribution is -2.18. The number of thiophene rings is 2. The van der Waals surface area contributed by atoms with Gasteiger partial charge in [-0.15, -0.1) is 22.7 Å². The van der Waals surface area contributed by atoms with Gasteiger partial charge in [-0.3, -0.25) is 4.79 Å². The Balaban J connectivity index is 1.94. The standard InChI is InChI=1S/C19H14Cl2N2O6S3/c1-9(22-23-18(24)14-5-6-15(31-14)19(25)26)11-8-30-17(16(11)29-32(2,27)28)10-3-4-12(20)13(21)7-10/h3-8H,1-2H3,(H,23,24)(H,25,26)/b22-9+. The Morgan fingerprint density at radius 1 is 1.12 bits per heavy atom. The van der Waals surface area contributed by atoms with Crippen LogP contribution in [0.4, 0.5) is 0 Å². The van der Waals surface area contributed by atoms with Crippen LogP contribution in [0.15, 0.2) is 40.8 Å². The van der Waals surface area contributed by atoms with Crippen molar-refractivity contribution >= 4 is 73.6 Å². The smallest absolute Gasteiger partial charge is 0.345 e. The average molecular weight is 533 g/mol. The summed E-state index contributed by atoms with van der Waals surface area (Å²) in [5, 5.41) is 15.3. The number of benzene rings is 1. The lowest BCUT2D eigenvalue weighted by Gasteiger charge is -2.09. The van der Waals surface area contributed by atoms with Crippen LogP contribution in [0.5, 0.6) is 5.75 Å². The first kappa shape index (κ1) is 24.2. The van der Waals surface area contributed by atoms with Crippen molar-refractivity contribution in [3.05, 3.63) is 61.1 Å². The third-order valence-electron chi connectivity index (χ3n) is 3.92. The maximum Gasteiger partial charge on any atom is 0.345 e. The number of hydrogen-bond donors (Lipinski definition) is 2. The summed E-state index contributed by atoms with van der Waals surface area (Å²) in [4.78, 5) is 23.9. The van der Waals surface area contributed by atoms with E-state index in [9.17, 15) is 18.0 Å². The molecule has 168 valence electrons. The number of nitrogens with one attached hydrogen (secondary N) is 1. The molecule has 2 heterocycles. The van der Waals surface area contributed by atoms with Gasteiger partial charge in [0.1, 0.15) is 4.88 Å². The molecule has 3 aromatic rings. The molecule has 0 atom stereocenters. The van der Waals surface area contributed by atoms with E-state index in [0.29, 0.717) is 26.0 Å². The van der Waals surface area contributed by atoms with Gasteiger partial charge in [0, 0.05) is 5.38 Å². The van der Waals surface area contributed by atoms with E-state index in [1.54, 1.807) is 30.5 Å². The van der Waals surface area contributed by atoms with E-state index in [1.165, 1.54) is 23.5 Å². The second-order valence-electron chi connectivity index (χ2n) is 6.33. The minimum absolute atomic E-state index is 0.0174. The molecular formula is C19H14Cl2N2O6S3. The van der Waals surface area contributed by atoms with E-state index in [-0.39, 0.29) is 21.2 Å². The third-order valence-corrected chi connectivity index (χ3v) is 7.21. The van der Waals surface area contributed by atoms with Gasteiger partial charge < -0.3 is 9.29 Å². The summed E-state index contributed by atoms with van der Waals surface area (Å²) < 4.78 is 29.0. The lowest BCUT2D eigenvalue weighted by atomic mass is 10.1. The number of hydrogen-bond acceptors (Lipinski definition) is 8. The fourth-order valence-corrected chi connectivity index (χ4v) is 5.09. The Bertz CT molecular complexity index is 1340. The molecule has 0 unspecified atom stereocenters. The van der Waals surface area contributed by atoms with Crippen molar-refractivity contribution < 1.29 is 27.3 Å². The van der Waals surface area contributed by atoms with Crippen LogP contribution in [0.25, 0.3) is 10.4 Å². The molecule has 0 saturated carbocycles. The molecule has 0 aliphatic carbocycles. The number of hydrazone groups is 1. The maximum absolute atomic E-state index is 12.3. The predicted molar refractivity (Wildman–Crippen MR) is 126 cm³/mol. The van der Waals surface area contributed by atoms with Crippen LogP contribution in [0.3, 0.4) is 0 Å². The second-order valence-corrected chi connectivity index (χ2v) is 10.7. The number of aromatic carboxylic acids is 1. The first-order chi connectivity index (χ1) is 15.0. The Hall–Kier alpha value is -2.44. The first-order valence-electron chi connectivity index (χ1n) is 8.60. The van der Waals surface area contributed by atoms with E-state index in [1.807, 2.05) is 0 Å². The normalized spacial score (nSPS) is 11.9. The Morgan fingerprint density at radius 2 is 1.81 bits per heavy atom. The fraction of sp³-hybridized carbons (Fsp3) is 0.105. The Kier molecular flexibility index (Phi) is 7.25. The summed E-state index contributed by atoms with van der Waals surface area (Å²) in [6.07, 6.45) is 0.915. The molecule has 0 bridgehead atoms. The van der Waals surface area contributed by atoms with Crippen LogP contribution < -0.4 is 9.61 Å². The van der Waals surface area contributed by atoms with Crippen LogP contribution >= 0.6 is 45.9 Å². The van der Waals surface area contributed by atoms with Crippen LogP contribution in [0, 0.1) is 0 Å². The number of halogens is 2. The number of carbonyl (C=O) groups is 2. The van der Waals surface area contributed by atoms with Crippen LogP contribution in [0.2, 0.25) is 10.0 Å². The maximum atomic E-state index is 12.3.